The molecule has 7 nitrogen and oxygen atoms in total. The molecule has 2 atom stereocenters. The summed E-state index contributed by atoms with van der Waals surface area (Å²) in [4.78, 5) is 42.4. The smallest absolute Gasteiger partial charge is 0.337 e. The van der Waals surface area contributed by atoms with Gasteiger partial charge in [0.25, 0.3) is 0 Å². The molecule has 4 rings (SSSR count). The first kappa shape index (κ1) is 17.9. The predicted octanol–water partition coefficient (Wildman–Crippen LogP) is 2.85. The molecule has 1 aromatic heterocycles. The Morgan fingerprint density at radius 3 is 2.46 bits per heavy atom. The van der Waals surface area contributed by atoms with E-state index in [-0.39, 0.29) is 29.2 Å². The second-order valence-electron chi connectivity index (χ2n) is 6.92. The molecule has 0 radical (unpaired) electrons. The van der Waals surface area contributed by atoms with E-state index in [0.717, 1.165) is 10.5 Å². The fraction of sp³-hybridized carbons (Fsp3) is 0.238. The number of carboxylic acid groups (broad SMARTS) is 1. The fourth-order valence-electron chi connectivity index (χ4n) is 3.76. The number of hydrogen-bond donors (Lipinski definition) is 2. The van der Waals surface area contributed by atoms with E-state index in [1.807, 2.05) is 18.2 Å². The molecule has 0 bridgehead atoms. The molecule has 1 aliphatic heterocycles. The van der Waals surface area contributed by atoms with Crippen molar-refractivity contribution in [2.45, 2.75) is 19.4 Å². The molecule has 1 fully saturated rings. The van der Waals surface area contributed by atoms with Gasteiger partial charge in [-0.25, -0.2) is 4.79 Å². The molecule has 0 saturated carbocycles. The van der Waals surface area contributed by atoms with E-state index in [2.05, 4.69) is 10.3 Å². The lowest BCUT2D eigenvalue weighted by Gasteiger charge is -2.17. The lowest BCUT2D eigenvalue weighted by atomic mass is 9.85. The van der Waals surface area contributed by atoms with Crippen molar-refractivity contribution in [2.75, 3.05) is 10.2 Å². The number of pyridine rings is 1. The van der Waals surface area contributed by atoms with Crippen LogP contribution in [0.25, 0.3) is 0 Å². The van der Waals surface area contributed by atoms with Crippen LogP contribution in [0.3, 0.4) is 0 Å². The maximum Gasteiger partial charge on any atom is 0.337 e. The Kier molecular flexibility index (Phi) is 4.65. The van der Waals surface area contributed by atoms with Crippen LogP contribution >= 0.6 is 0 Å². The van der Waals surface area contributed by atoms with E-state index in [1.54, 1.807) is 30.6 Å². The van der Waals surface area contributed by atoms with Crippen LogP contribution in [0.4, 0.5) is 11.4 Å². The molecule has 2 aromatic rings. The van der Waals surface area contributed by atoms with Crippen molar-refractivity contribution in [3.8, 4) is 0 Å². The van der Waals surface area contributed by atoms with E-state index in [9.17, 15) is 19.5 Å². The largest absolute Gasteiger partial charge is 0.478 e. The van der Waals surface area contributed by atoms with Crippen molar-refractivity contribution in [3.05, 3.63) is 66.0 Å². The van der Waals surface area contributed by atoms with E-state index in [0.29, 0.717) is 30.8 Å². The number of hydrogen-bond acceptors (Lipinski definition) is 5. The number of imide groups is 1. The third kappa shape index (κ3) is 3.15. The maximum absolute atomic E-state index is 12.7. The van der Waals surface area contributed by atoms with Crippen LogP contribution in [0, 0.1) is 11.8 Å². The Morgan fingerprint density at radius 2 is 1.86 bits per heavy atom. The SMILES string of the molecule is O=C(O)c1cc(N2C(=O)[C@H]3CC=CC[C@H]3C2=O)ccc1NCc1cccnc1. The Bertz CT molecular complexity index is 945. The highest BCUT2D eigenvalue weighted by Gasteiger charge is 2.47. The zero-order valence-corrected chi connectivity index (χ0v) is 15.0. The minimum Gasteiger partial charge on any atom is -0.478 e. The normalized spacial score (nSPS) is 20.9. The third-order valence-electron chi connectivity index (χ3n) is 5.21. The van der Waals surface area contributed by atoms with Crippen molar-refractivity contribution in [1.82, 2.24) is 4.98 Å². The first-order valence-electron chi connectivity index (χ1n) is 9.09. The molecule has 7 heteroatoms. The topological polar surface area (TPSA) is 99.6 Å². The number of carboxylic acids is 1. The molecule has 1 aromatic carbocycles. The van der Waals surface area contributed by atoms with E-state index in [1.165, 1.54) is 6.07 Å². The number of aromatic nitrogens is 1. The summed E-state index contributed by atoms with van der Waals surface area (Å²) in [6.07, 6.45) is 8.29. The number of fused-ring (bicyclic) bond motifs is 1. The lowest BCUT2D eigenvalue weighted by molar-refractivity contribution is -0.122. The first-order valence-corrected chi connectivity index (χ1v) is 9.09. The van der Waals surface area contributed by atoms with Gasteiger partial charge in [0, 0.05) is 24.6 Å². The number of rotatable bonds is 5. The highest BCUT2D eigenvalue weighted by atomic mass is 16.4. The summed E-state index contributed by atoms with van der Waals surface area (Å²) in [7, 11) is 0. The van der Waals surface area contributed by atoms with E-state index < -0.39 is 5.97 Å². The highest BCUT2D eigenvalue weighted by Crippen LogP contribution is 2.38. The number of allylic oxidation sites excluding steroid dienone is 2. The van der Waals surface area contributed by atoms with Gasteiger partial charge in [-0.3, -0.25) is 19.5 Å². The van der Waals surface area contributed by atoms with Gasteiger partial charge in [0.2, 0.25) is 11.8 Å². The molecular weight excluding hydrogens is 358 g/mol. The van der Waals surface area contributed by atoms with Gasteiger partial charge in [0.15, 0.2) is 0 Å². The summed E-state index contributed by atoms with van der Waals surface area (Å²) < 4.78 is 0. The van der Waals surface area contributed by atoms with Gasteiger partial charge in [-0.15, -0.1) is 0 Å². The van der Waals surface area contributed by atoms with Crippen molar-refractivity contribution in [1.29, 1.82) is 0 Å². The Morgan fingerprint density at radius 1 is 1.14 bits per heavy atom. The zero-order valence-electron chi connectivity index (χ0n) is 15.0. The van der Waals surface area contributed by atoms with Crippen molar-refractivity contribution in [3.63, 3.8) is 0 Å². The minimum absolute atomic E-state index is 0.00925. The molecule has 2 N–H and O–H groups in total. The number of carbonyl (C=O) groups is 3. The van der Waals surface area contributed by atoms with Crippen LogP contribution in [0.1, 0.15) is 28.8 Å². The van der Waals surface area contributed by atoms with Crippen LogP contribution in [0.5, 0.6) is 0 Å². The molecule has 28 heavy (non-hydrogen) atoms. The summed E-state index contributed by atoms with van der Waals surface area (Å²) >= 11 is 0. The summed E-state index contributed by atoms with van der Waals surface area (Å²) in [5.74, 6) is -2.35. The third-order valence-corrected chi connectivity index (χ3v) is 5.21. The van der Waals surface area contributed by atoms with Crippen LogP contribution in [-0.2, 0) is 16.1 Å². The van der Waals surface area contributed by atoms with Gasteiger partial charge in [-0.1, -0.05) is 18.2 Å². The number of nitrogens with one attached hydrogen (secondary N) is 1. The van der Waals surface area contributed by atoms with Crippen LogP contribution < -0.4 is 10.2 Å². The van der Waals surface area contributed by atoms with Gasteiger partial charge in [0.05, 0.1) is 23.1 Å². The van der Waals surface area contributed by atoms with Crippen molar-refractivity contribution < 1.29 is 19.5 Å². The van der Waals surface area contributed by atoms with Gasteiger partial charge in [0.1, 0.15) is 0 Å². The van der Waals surface area contributed by atoms with Gasteiger partial charge in [-0.05, 0) is 42.7 Å². The summed E-state index contributed by atoms with van der Waals surface area (Å²) in [5.41, 5.74) is 1.63. The molecular formula is C21H19N3O4. The molecule has 1 saturated heterocycles. The standard InChI is InChI=1S/C21H19N3O4/c25-19-15-5-1-2-6-16(15)20(26)24(19)14-7-8-18(17(10-14)21(27)28)23-12-13-4-3-9-22-11-13/h1-4,7-11,15-16,23H,5-6,12H2,(H,27,28)/t15-,16+. The van der Waals surface area contributed by atoms with Gasteiger partial charge >= 0.3 is 5.97 Å². The maximum atomic E-state index is 12.7. The number of benzene rings is 1. The Balaban J connectivity index is 1.61. The summed E-state index contributed by atoms with van der Waals surface area (Å²) in [6, 6.07) is 8.27. The Labute approximate surface area is 161 Å². The molecule has 2 aliphatic rings. The summed E-state index contributed by atoms with van der Waals surface area (Å²) in [6.45, 7) is 0.408. The lowest BCUT2D eigenvalue weighted by Crippen LogP contribution is -2.31. The second kappa shape index (κ2) is 7.26. The minimum atomic E-state index is -1.13. The molecule has 2 amide bonds. The van der Waals surface area contributed by atoms with Crippen molar-refractivity contribution >= 4 is 29.2 Å². The van der Waals surface area contributed by atoms with E-state index in [4.69, 9.17) is 0 Å². The van der Waals surface area contributed by atoms with Crippen LogP contribution in [-0.4, -0.2) is 27.9 Å². The zero-order chi connectivity index (χ0) is 19.7. The molecule has 2 heterocycles. The number of carbonyl (C=O) groups excluding carboxylic acids is 2. The number of nitrogens with zero attached hydrogens (tertiary/aromatic N) is 2. The fourth-order valence-corrected chi connectivity index (χ4v) is 3.76. The average molecular weight is 377 g/mol. The average Bonchev–Trinajstić information content (AvgIpc) is 2.98. The Hall–Kier alpha value is -3.48. The molecule has 0 spiro atoms. The van der Waals surface area contributed by atoms with Crippen LogP contribution in [0.15, 0.2) is 54.9 Å². The predicted molar refractivity (Wildman–Crippen MR) is 103 cm³/mol. The molecule has 142 valence electrons. The van der Waals surface area contributed by atoms with Crippen molar-refractivity contribution in [2.24, 2.45) is 11.8 Å². The number of aromatic carboxylic acids is 1. The quantitative estimate of drug-likeness (QED) is 0.614. The number of anilines is 2. The highest BCUT2D eigenvalue weighted by molar-refractivity contribution is 6.22. The number of amides is 2. The summed E-state index contributed by atoms with van der Waals surface area (Å²) in [5, 5.41) is 12.7. The second-order valence-corrected chi connectivity index (χ2v) is 6.92. The van der Waals surface area contributed by atoms with Crippen LogP contribution in [0.2, 0.25) is 0 Å². The van der Waals surface area contributed by atoms with Gasteiger partial charge < -0.3 is 10.4 Å². The molecule has 0 unspecified atom stereocenters. The monoisotopic (exact) mass is 377 g/mol. The van der Waals surface area contributed by atoms with E-state index >= 15 is 0 Å². The first-order chi connectivity index (χ1) is 13.6. The molecule has 1 aliphatic carbocycles. The van der Waals surface area contributed by atoms with Gasteiger partial charge in [-0.2, -0.15) is 0 Å².